The molecule has 18 heavy (non-hydrogen) atoms. The summed E-state index contributed by atoms with van der Waals surface area (Å²) in [5, 5.41) is 3.18. The lowest BCUT2D eigenvalue weighted by Gasteiger charge is -2.08. The second-order valence-corrected chi connectivity index (χ2v) is 4.40. The van der Waals surface area contributed by atoms with Gasteiger partial charge in [-0.25, -0.2) is 9.97 Å². The molecule has 5 heteroatoms. The smallest absolute Gasteiger partial charge is 0.218 e. The van der Waals surface area contributed by atoms with E-state index < -0.39 is 0 Å². The molecule has 1 N–H and O–H groups in total. The molecule has 0 spiro atoms. The van der Waals surface area contributed by atoms with Crippen molar-refractivity contribution in [2.45, 2.75) is 27.2 Å². The van der Waals surface area contributed by atoms with Crippen molar-refractivity contribution in [3.63, 3.8) is 0 Å². The molecule has 0 fully saturated rings. The standard InChI is InChI=1S/C13H23N3O2/c1-4-18-13-9-12(15-10-16-13)14-6-8-17-7-5-11(2)3/h9-11H,4-8H2,1-3H3,(H,14,15,16). The molecule has 0 aliphatic rings. The minimum Gasteiger partial charge on any atom is -0.478 e. The van der Waals surface area contributed by atoms with Crippen LogP contribution in [0.2, 0.25) is 0 Å². The molecule has 0 aliphatic heterocycles. The van der Waals surface area contributed by atoms with E-state index in [4.69, 9.17) is 9.47 Å². The summed E-state index contributed by atoms with van der Waals surface area (Å²) >= 11 is 0. The van der Waals surface area contributed by atoms with Crippen LogP contribution >= 0.6 is 0 Å². The number of rotatable bonds is 9. The second-order valence-electron chi connectivity index (χ2n) is 4.40. The first-order valence-corrected chi connectivity index (χ1v) is 6.48. The topological polar surface area (TPSA) is 56.3 Å². The van der Waals surface area contributed by atoms with Crippen molar-refractivity contribution in [2.24, 2.45) is 5.92 Å². The first-order valence-electron chi connectivity index (χ1n) is 6.48. The van der Waals surface area contributed by atoms with Crippen LogP contribution in [0.1, 0.15) is 27.2 Å². The quantitative estimate of drug-likeness (QED) is 0.685. The molecule has 102 valence electrons. The summed E-state index contributed by atoms with van der Waals surface area (Å²) in [5.74, 6) is 2.05. The number of ether oxygens (including phenoxy) is 2. The fraction of sp³-hybridized carbons (Fsp3) is 0.692. The van der Waals surface area contributed by atoms with Gasteiger partial charge in [0.05, 0.1) is 13.2 Å². The average Bonchev–Trinajstić information content (AvgIpc) is 2.34. The summed E-state index contributed by atoms with van der Waals surface area (Å²) in [4.78, 5) is 8.11. The van der Waals surface area contributed by atoms with Gasteiger partial charge in [-0.1, -0.05) is 13.8 Å². The molecular weight excluding hydrogens is 230 g/mol. The van der Waals surface area contributed by atoms with E-state index in [9.17, 15) is 0 Å². The third-order valence-corrected chi connectivity index (χ3v) is 2.33. The molecule has 1 rings (SSSR count). The predicted octanol–water partition coefficient (Wildman–Crippen LogP) is 2.35. The van der Waals surface area contributed by atoms with E-state index in [2.05, 4.69) is 29.1 Å². The van der Waals surface area contributed by atoms with E-state index in [1.165, 1.54) is 6.33 Å². The van der Waals surface area contributed by atoms with Crippen LogP contribution in [0.25, 0.3) is 0 Å². The van der Waals surface area contributed by atoms with E-state index in [0.29, 0.717) is 25.0 Å². The van der Waals surface area contributed by atoms with Gasteiger partial charge in [0.15, 0.2) is 0 Å². The van der Waals surface area contributed by atoms with Gasteiger partial charge in [-0.2, -0.15) is 0 Å². The first kappa shape index (κ1) is 14.7. The van der Waals surface area contributed by atoms with Crippen molar-refractivity contribution in [1.82, 2.24) is 9.97 Å². The molecule has 0 amide bonds. The highest BCUT2D eigenvalue weighted by atomic mass is 16.5. The van der Waals surface area contributed by atoms with Gasteiger partial charge >= 0.3 is 0 Å². The molecule has 5 nitrogen and oxygen atoms in total. The van der Waals surface area contributed by atoms with Crippen molar-refractivity contribution in [1.29, 1.82) is 0 Å². The van der Waals surface area contributed by atoms with E-state index >= 15 is 0 Å². The summed E-state index contributed by atoms with van der Waals surface area (Å²) in [7, 11) is 0. The predicted molar refractivity (Wildman–Crippen MR) is 72.0 cm³/mol. The van der Waals surface area contributed by atoms with Crippen molar-refractivity contribution >= 4 is 5.82 Å². The third-order valence-electron chi connectivity index (χ3n) is 2.33. The van der Waals surface area contributed by atoms with Gasteiger partial charge in [-0.15, -0.1) is 0 Å². The molecule has 0 radical (unpaired) electrons. The number of nitrogens with zero attached hydrogens (tertiary/aromatic N) is 2. The fourth-order valence-electron chi connectivity index (χ4n) is 1.34. The Bertz CT molecular complexity index is 332. The van der Waals surface area contributed by atoms with Crippen molar-refractivity contribution < 1.29 is 9.47 Å². The number of nitrogens with one attached hydrogen (secondary N) is 1. The zero-order chi connectivity index (χ0) is 13.2. The van der Waals surface area contributed by atoms with Crippen LogP contribution in [-0.4, -0.2) is 36.3 Å². The highest BCUT2D eigenvalue weighted by molar-refractivity contribution is 5.36. The van der Waals surface area contributed by atoms with Gasteiger partial charge in [0.1, 0.15) is 12.1 Å². The Morgan fingerprint density at radius 3 is 2.83 bits per heavy atom. The molecule has 0 atom stereocenters. The fourth-order valence-corrected chi connectivity index (χ4v) is 1.34. The van der Waals surface area contributed by atoms with E-state index in [0.717, 1.165) is 25.4 Å². The number of hydrogen-bond donors (Lipinski definition) is 1. The molecular formula is C13H23N3O2. The van der Waals surface area contributed by atoms with Crippen molar-refractivity contribution in [2.75, 3.05) is 31.7 Å². The Hall–Kier alpha value is -1.36. The number of aromatic nitrogens is 2. The first-order chi connectivity index (χ1) is 8.72. The zero-order valence-corrected chi connectivity index (χ0v) is 11.5. The van der Waals surface area contributed by atoms with Crippen LogP contribution in [0.3, 0.4) is 0 Å². The van der Waals surface area contributed by atoms with Gasteiger partial charge < -0.3 is 14.8 Å². The molecule has 0 bridgehead atoms. The lowest BCUT2D eigenvalue weighted by molar-refractivity contribution is 0.132. The maximum Gasteiger partial charge on any atom is 0.218 e. The van der Waals surface area contributed by atoms with Crippen LogP contribution in [0.4, 0.5) is 5.82 Å². The normalized spacial score (nSPS) is 10.7. The Morgan fingerprint density at radius 1 is 1.28 bits per heavy atom. The Morgan fingerprint density at radius 2 is 2.11 bits per heavy atom. The van der Waals surface area contributed by atoms with Gasteiger partial charge in [0.25, 0.3) is 0 Å². The van der Waals surface area contributed by atoms with Crippen LogP contribution < -0.4 is 10.1 Å². The highest BCUT2D eigenvalue weighted by Gasteiger charge is 1.98. The van der Waals surface area contributed by atoms with Crippen molar-refractivity contribution in [3.8, 4) is 5.88 Å². The summed E-state index contributed by atoms with van der Waals surface area (Å²) in [6.07, 6.45) is 2.59. The minimum atomic E-state index is 0.593. The maximum absolute atomic E-state index is 5.51. The van der Waals surface area contributed by atoms with Crippen LogP contribution in [0.5, 0.6) is 5.88 Å². The molecule has 0 saturated carbocycles. The van der Waals surface area contributed by atoms with E-state index in [1.54, 1.807) is 6.07 Å². The van der Waals surface area contributed by atoms with Crippen molar-refractivity contribution in [3.05, 3.63) is 12.4 Å². The Labute approximate surface area is 109 Å². The molecule has 1 aromatic rings. The number of hydrogen-bond acceptors (Lipinski definition) is 5. The SMILES string of the molecule is CCOc1cc(NCCOCCC(C)C)ncn1. The molecule has 1 aromatic heterocycles. The summed E-state index contributed by atoms with van der Waals surface area (Å²) < 4.78 is 10.8. The molecule has 0 unspecified atom stereocenters. The Balaban J connectivity index is 2.16. The maximum atomic E-state index is 5.51. The van der Waals surface area contributed by atoms with Gasteiger partial charge in [0.2, 0.25) is 5.88 Å². The lowest BCUT2D eigenvalue weighted by Crippen LogP contribution is -2.12. The van der Waals surface area contributed by atoms with Gasteiger partial charge in [0, 0.05) is 19.2 Å². The summed E-state index contributed by atoms with van der Waals surface area (Å²) in [6, 6.07) is 1.79. The second kappa shape index (κ2) is 8.69. The average molecular weight is 253 g/mol. The Kier molecular flexibility index (Phi) is 7.10. The van der Waals surface area contributed by atoms with Crippen LogP contribution in [0, 0.1) is 5.92 Å². The van der Waals surface area contributed by atoms with Crippen LogP contribution in [0.15, 0.2) is 12.4 Å². The lowest BCUT2D eigenvalue weighted by atomic mass is 10.1. The van der Waals surface area contributed by atoms with Crippen LogP contribution in [-0.2, 0) is 4.74 Å². The molecule has 0 saturated heterocycles. The molecule has 0 aromatic carbocycles. The number of anilines is 1. The zero-order valence-electron chi connectivity index (χ0n) is 11.5. The summed E-state index contributed by atoms with van der Waals surface area (Å²) in [5.41, 5.74) is 0. The third kappa shape index (κ3) is 6.39. The molecule has 1 heterocycles. The monoisotopic (exact) mass is 253 g/mol. The summed E-state index contributed by atoms with van der Waals surface area (Å²) in [6.45, 7) is 9.15. The van der Waals surface area contributed by atoms with E-state index in [-0.39, 0.29) is 0 Å². The van der Waals surface area contributed by atoms with Gasteiger partial charge in [-0.3, -0.25) is 0 Å². The minimum absolute atomic E-state index is 0.593. The van der Waals surface area contributed by atoms with E-state index in [1.807, 2.05) is 6.92 Å². The van der Waals surface area contributed by atoms with Gasteiger partial charge in [-0.05, 0) is 19.3 Å². The largest absolute Gasteiger partial charge is 0.478 e. The highest BCUT2D eigenvalue weighted by Crippen LogP contribution is 2.10. The molecule has 0 aliphatic carbocycles.